The van der Waals surface area contributed by atoms with Crippen LogP contribution in [0.4, 0.5) is 22.0 Å². The number of rotatable bonds is 4. The van der Waals surface area contributed by atoms with Crippen molar-refractivity contribution in [2.45, 2.75) is 44.9 Å². The third-order valence-electron chi connectivity index (χ3n) is 5.93. The van der Waals surface area contributed by atoms with Crippen LogP contribution in [0.5, 0.6) is 5.75 Å². The molecule has 0 fully saturated rings. The number of halogens is 5. The van der Waals surface area contributed by atoms with E-state index < -0.39 is 17.9 Å². The molecule has 0 unspecified atom stereocenters. The summed E-state index contributed by atoms with van der Waals surface area (Å²) in [7, 11) is 0. The Morgan fingerprint density at radius 1 is 0.967 bits per heavy atom. The molecule has 0 heterocycles. The summed E-state index contributed by atoms with van der Waals surface area (Å²) in [5.41, 5.74) is 2.62. The van der Waals surface area contributed by atoms with Crippen LogP contribution >= 0.6 is 0 Å². The quantitative estimate of drug-likeness (QED) is 0.397. The second-order valence-electron chi connectivity index (χ2n) is 7.77. The number of benzene rings is 3. The van der Waals surface area contributed by atoms with Crippen molar-refractivity contribution in [2.75, 3.05) is 0 Å². The Morgan fingerprint density at radius 3 is 2.47 bits per heavy atom. The number of ether oxygens (including phenoxy) is 1. The Kier molecular flexibility index (Phi) is 5.43. The SMILES string of the molecule is CCC[C@@H]1CCc2c(ccc3c(F)cccc23)[C@H]1c1ccc(OC(F)(F)F)c(F)c1. The predicted octanol–water partition coefficient (Wildman–Crippen LogP) is 7.51. The molecule has 1 aliphatic rings. The van der Waals surface area contributed by atoms with Gasteiger partial charge >= 0.3 is 6.36 Å². The first-order valence-electron chi connectivity index (χ1n) is 10.0. The molecule has 4 rings (SSSR count). The molecule has 0 saturated carbocycles. The van der Waals surface area contributed by atoms with E-state index in [1.54, 1.807) is 12.1 Å². The van der Waals surface area contributed by atoms with E-state index in [-0.39, 0.29) is 17.7 Å². The monoisotopic (exact) mass is 420 g/mol. The average Bonchev–Trinajstić information content (AvgIpc) is 2.69. The van der Waals surface area contributed by atoms with E-state index >= 15 is 0 Å². The van der Waals surface area contributed by atoms with E-state index in [9.17, 15) is 22.0 Å². The van der Waals surface area contributed by atoms with Crippen LogP contribution in [0, 0.1) is 17.6 Å². The standard InChI is InChI=1S/C24H21F5O/c1-2-4-14-7-9-17-16-5-3-6-20(25)18(16)10-11-19(17)23(14)15-8-12-22(21(26)13-15)30-24(27,28)29/h3,5-6,8,10-14,23H,2,4,7,9H2,1H3/t14-,23-/m1/s1. The van der Waals surface area contributed by atoms with E-state index in [1.807, 2.05) is 12.1 Å². The summed E-state index contributed by atoms with van der Waals surface area (Å²) in [4.78, 5) is 0. The van der Waals surface area contributed by atoms with Gasteiger partial charge < -0.3 is 4.74 Å². The molecule has 0 saturated heterocycles. The normalized spacial score (nSPS) is 19.0. The van der Waals surface area contributed by atoms with Crippen molar-refractivity contribution in [2.24, 2.45) is 5.92 Å². The number of fused-ring (bicyclic) bond motifs is 3. The first-order chi connectivity index (χ1) is 14.3. The van der Waals surface area contributed by atoms with E-state index in [1.165, 1.54) is 12.1 Å². The minimum absolute atomic E-state index is 0.171. The third-order valence-corrected chi connectivity index (χ3v) is 5.93. The van der Waals surface area contributed by atoms with Gasteiger partial charge in [-0.05, 0) is 65.5 Å². The van der Waals surface area contributed by atoms with Crippen molar-refractivity contribution in [3.63, 3.8) is 0 Å². The van der Waals surface area contributed by atoms with Crippen LogP contribution in [-0.2, 0) is 6.42 Å². The molecule has 1 nitrogen and oxygen atoms in total. The van der Waals surface area contributed by atoms with Crippen LogP contribution in [0.2, 0.25) is 0 Å². The van der Waals surface area contributed by atoms with Crippen molar-refractivity contribution < 1.29 is 26.7 Å². The zero-order chi connectivity index (χ0) is 21.5. The lowest BCUT2D eigenvalue weighted by atomic mass is 9.69. The van der Waals surface area contributed by atoms with Gasteiger partial charge in [-0.3, -0.25) is 0 Å². The highest BCUT2D eigenvalue weighted by Crippen LogP contribution is 2.46. The van der Waals surface area contributed by atoms with E-state index in [0.29, 0.717) is 10.9 Å². The summed E-state index contributed by atoms with van der Waals surface area (Å²) < 4.78 is 70.0. The molecule has 0 spiro atoms. The van der Waals surface area contributed by atoms with Crippen molar-refractivity contribution in [3.05, 3.63) is 76.9 Å². The lowest BCUT2D eigenvalue weighted by Gasteiger charge is -2.35. The number of hydrogen-bond donors (Lipinski definition) is 0. The first-order valence-corrected chi connectivity index (χ1v) is 10.0. The third kappa shape index (κ3) is 3.87. The Hall–Kier alpha value is -2.63. The van der Waals surface area contributed by atoms with Gasteiger partial charge in [0.05, 0.1) is 0 Å². The van der Waals surface area contributed by atoms with Crippen molar-refractivity contribution in [3.8, 4) is 5.75 Å². The molecule has 3 aromatic carbocycles. The minimum Gasteiger partial charge on any atom is -0.403 e. The number of aryl methyl sites for hydroxylation is 1. The second-order valence-corrected chi connectivity index (χ2v) is 7.77. The lowest BCUT2D eigenvalue weighted by Crippen LogP contribution is -2.23. The Balaban J connectivity index is 1.82. The summed E-state index contributed by atoms with van der Waals surface area (Å²) >= 11 is 0. The topological polar surface area (TPSA) is 9.23 Å². The fourth-order valence-corrected chi connectivity index (χ4v) is 4.77. The minimum atomic E-state index is -4.95. The molecule has 3 aromatic rings. The van der Waals surface area contributed by atoms with Gasteiger partial charge in [-0.2, -0.15) is 0 Å². The number of hydrogen-bond acceptors (Lipinski definition) is 1. The van der Waals surface area contributed by atoms with Crippen molar-refractivity contribution in [1.29, 1.82) is 0 Å². The molecule has 0 N–H and O–H groups in total. The summed E-state index contributed by atoms with van der Waals surface area (Å²) in [6.45, 7) is 2.07. The molecule has 158 valence electrons. The second kappa shape index (κ2) is 7.89. The zero-order valence-corrected chi connectivity index (χ0v) is 16.4. The van der Waals surface area contributed by atoms with E-state index in [4.69, 9.17) is 0 Å². The van der Waals surface area contributed by atoms with E-state index in [0.717, 1.165) is 54.3 Å². The van der Waals surface area contributed by atoms with E-state index in [2.05, 4.69) is 11.7 Å². The van der Waals surface area contributed by atoms with Crippen LogP contribution in [-0.4, -0.2) is 6.36 Å². The van der Waals surface area contributed by atoms with Gasteiger partial charge in [-0.15, -0.1) is 13.2 Å². The molecule has 0 radical (unpaired) electrons. The summed E-state index contributed by atoms with van der Waals surface area (Å²) in [6.07, 6.45) is -1.46. The summed E-state index contributed by atoms with van der Waals surface area (Å²) in [5, 5.41) is 1.38. The molecule has 30 heavy (non-hydrogen) atoms. The highest BCUT2D eigenvalue weighted by Gasteiger charge is 2.34. The fraction of sp³-hybridized carbons (Fsp3) is 0.333. The summed E-state index contributed by atoms with van der Waals surface area (Å²) in [6, 6.07) is 12.3. The molecule has 6 heteroatoms. The molecular weight excluding hydrogens is 399 g/mol. The largest absolute Gasteiger partial charge is 0.573 e. The maximum atomic E-state index is 14.5. The van der Waals surface area contributed by atoms with Gasteiger partial charge in [0.15, 0.2) is 11.6 Å². The van der Waals surface area contributed by atoms with Gasteiger partial charge in [-0.1, -0.05) is 43.7 Å². The smallest absolute Gasteiger partial charge is 0.403 e. The zero-order valence-electron chi connectivity index (χ0n) is 16.4. The van der Waals surface area contributed by atoms with Gasteiger partial charge in [0, 0.05) is 11.3 Å². The van der Waals surface area contributed by atoms with Crippen LogP contribution in [0.1, 0.15) is 48.8 Å². The van der Waals surface area contributed by atoms with Gasteiger partial charge in [0.25, 0.3) is 0 Å². The van der Waals surface area contributed by atoms with Crippen molar-refractivity contribution in [1.82, 2.24) is 0 Å². The van der Waals surface area contributed by atoms with Crippen LogP contribution < -0.4 is 4.74 Å². The van der Waals surface area contributed by atoms with Gasteiger partial charge in [-0.25, -0.2) is 8.78 Å². The fourth-order valence-electron chi connectivity index (χ4n) is 4.77. The van der Waals surface area contributed by atoms with Crippen LogP contribution in [0.3, 0.4) is 0 Å². The Labute approximate surface area is 171 Å². The molecule has 0 aliphatic heterocycles. The molecular formula is C24H21F5O. The Morgan fingerprint density at radius 2 is 1.77 bits per heavy atom. The van der Waals surface area contributed by atoms with Crippen LogP contribution in [0.25, 0.3) is 10.8 Å². The maximum absolute atomic E-state index is 14.5. The first kappa shape index (κ1) is 20.6. The lowest BCUT2D eigenvalue weighted by molar-refractivity contribution is -0.275. The Bertz CT molecular complexity index is 1070. The molecule has 0 bridgehead atoms. The predicted molar refractivity (Wildman–Crippen MR) is 106 cm³/mol. The molecule has 1 aliphatic carbocycles. The van der Waals surface area contributed by atoms with Gasteiger partial charge in [0.2, 0.25) is 0 Å². The average molecular weight is 420 g/mol. The van der Waals surface area contributed by atoms with Crippen LogP contribution in [0.15, 0.2) is 48.5 Å². The number of alkyl halides is 3. The van der Waals surface area contributed by atoms with Gasteiger partial charge in [0.1, 0.15) is 5.82 Å². The molecule has 2 atom stereocenters. The maximum Gasteiger partial charge on any atom is 0.573 e. The van der Waals surface area contributed by atoms with Crippen molar-refractivity contribution >= 4 is 10.8 Å². The molecule has 0 aromatic heterocycles. The highest BCUT2D eigenvalue weighted by molar-refractivity contribution is 5.88. The molecule has 0 amide bonds. The highest BCUT2D eigenvalue weighted by atomic mass is 19.4. The summed E-state index contributed by atoms with van der Waals surface area (Å²) in [5.74, 6) is -2.12.